The van der Waals surface area contributed by atoms with E-state index in [0.717, 1.165) is 29.6 Å². The SMILES string of the molecule is COc1cnn(-c2ccc3nc(-c4cccnc4N)n(-c4ccc5c(c4)CC[C@@H]5N)c3n2)c1. The smallest absolute Gasteiger partial charge is 0.167 e. The number of aryl methyl sites for hydroxylation is 1. The van der Waals surface area contributed by atoms with Gasteiger partial charge in [0.05, 0.1) is 25.1 Å². The second-order valence-corrected chi connectivity index (χ2v) is 8.07. The Labute approximate surface area is 189 Å². The van der Waals surface area contributed by atoms with Crippen LogP contribution in [-0.2, 0) is 6.42 Å². The Morgan fingerprint density at radius 1 is 1.12 bits per heavy atom. The Kier molecular flexibility index (Phi) is 4.37. The number of imidazole rings is 1. The summed E-state index contributed by atoms with van der Waals surface area (Å²) in [5, 5.41) is 4.36. The topological polar surface area (TPSA) is 123 Å². The fourth-order valence-electron chi connectivity index (χ4n) is 4.42. The summed E-state index contributed by atoms with van der Waals surface area (Å²) in [6, 6.07) is 14.0. The Bertz CT molecular complexity index is 1500. The van der Waals surface area contributed by atoms with Crippen LogP contribution in [0.25, 0.3) is 34.1 Å². The Hall–Kier alpha value is -4.24. The van der Waals surface area contributed by atoms with Crippen molar-refractivity contribution in [3.8, 4) is 28.6 Å². The number of rotatable bonds is 4. The number of methoxy groups -OCH3 is 1. The molecule has 9 heteroatoms. The number of hydrogen-bond acceptors (Lipinski definition) is 7. The van der Waals surface area contributed by atoms with E-state index in [1.165, 1.54) is 11.1 Å². The third-order valence-electron chi connectivity index (χ3n) is 6.11. The van der Waals surface area contributed by atoms with Gasteiger partial charge in [-0.3, -0.25) is 4.57 Å². The number of fused-ring (bicyclic) bond motifs is 2. The maximum atomic E-state index is 6.27. The molecule has 0 unspecified atom stereocenters. The number of nitrogens with two attached hydrogens (primary N) is 2. The highest BCUT2D eigenvalue weighted by Crippen LogP contribution is 2.35. The first-order chi connectivity index (χ1) is 16.1. The van der Waals surface area contributed by atoms with Crippen LogP contribution in [0.5, 0.6) is 5.75 Å². The molecule has 0 radical (unpaired) electrons. The van der Waals surface area contributed by atoms with E-state index < -0.39 is 0 Å². The predicted molar refractivity (Wildman–Crippen MR) is 125 cm³/mol. The molecule has 5 aromatic rings. The van der Waals surface area contributed by atoms with Gasteiger partial charge in [0.15, 0.2) is 23.0 Å². The van der Waals surface area contributed by atoms with E-state index in [0.29, 0.717) is 28.9 Å². The Morgan fingerprint density at radius 2 is 2.03 bits per heavy atom. The van der Waals surface area contributed by atoms with Crippen molar-refractivity contribution in [2.24, 2.45) is 5.73 Å². The van der Waals surface area contributed by atoms with Crippen LogP contribution in [-0.4, -0.2) is 36.4 Å². The third-order valence-corrected chi connectivity index (χ3v) is 6.11. The highest BCUT2D eigenvalue weighted by atomic mass is 16.5. The van der Waals surface area contributed by atoms with Crippen LogP contribution in [0.15, 0.2) is 61.1 Å². The minimum absolute atomic E-state index is 0.0848. The summed E-state index contributed by atoms with van der Waals surface area (Å²) in [7, 11) is 1.61. The lowest BCUT2D eigenvalue weighted by molar-refractivity contribution is 0.414. The molecule has 33 heavy (non-hydrogen) atoms. The quantitative estimate of drug-likeness (QED) is 0.442. The van der Waals surface area contributed by atoms with Crippen molar-refractivity contribution >= 4 is 17.0 Å². The lowest BCUT2D eigenvalue weighted by Gasteiger charge is -2.13. The molecule has 6 rings (SSSR count). The van der Waals surface area contributed by atoms with Gasteiger partial charge in [0, 0.05) is 17.9 Å². The summed E-state index contributed by atoms with van der Waals surface area (Å²) in [5.41, 5.74) is 18.1. The fraction of sp³-hybridized carbons (Fsp3) is 0.167. The molecular formula is C24H22N8O. The van der Waals surface area contributed by atoms with Crippen molar-refractivity contribution in [2.75, 3.05) is 12.8 Å². The molecule has 4 aromatic heterocycles. The van der Waals surface area contributed by atoms with Gasteiger partial charge in [0.25, 0.3) is 0 Å². The van der Waals surface area contributed by atoms with E-state index in [4.69, 9.17) is 26.2 Å². The van der Waals surface area contributed by atoms with Gasteiger partial charge < -0.3 is 16.2 Å². The number of nitrogens with zero attached hydrogens (tertiary/aromatic N) is 6. The van der Waals surface area contributed by atoms with E-state index in [-0.39, 0.29) is 6.04 Å². The molecular weight excluding hydrogens is 416 g/mol. The largest absolute Gasteiger partial charge is 0.493 e. The van der Waals surface area contributed by atoms with Crippen LogP contribution in [0, 0.1) is 0 Å². The highest BCUT2D eigenvalue weighted by molar-refractivity contribution is 5.83. The molecule has 9 nitrogen and oxygen atoms in total. The summed E-state index contributed by atoms with van der Waals surface area (Å²) >= 11 is 0. The number of ether oxygens (including phenoxy) is 1. The highest BCUT2D eigenvalue weighted by Gasteiger charge is 2.23. The van der Waals surface area contributed by atoms with E-state index in [1.807, 2.05) is 28.8 Å². The molecule has 1 aliphatic rings. The van der Waals surface area contributed by atoms with Gasteiger partial charge in [-0.2, -0.15) is 5.10 Å². The first kappa shape index (κ1) is 19.4. The summed E-state index contributed by atoms with van der Waals surface area (Å²) in [5.74, 6) is 2.40. The summed E-state index contributed by atoms with van der Waals surface area (Å²) < 4.78 is 8.96. The van der Waals surface area contributed by atoms with Crippen LogP contribution in [0.2, 0.25) is 0 Å². The van der Waals surface area contributed by atoms with Gasteiger partial charge >= 0.3 is 0 Å². The van der Waals surface area contributed by atoms with Crippen LogP contribution in [0.1, 0.15) is 23.6 Å². The van der Waals surface area contributed by atoms with Gasteiger partial charge in [-0.15, -0.1) is 0 Å². The van der Waals surface area contributed by atoms with Gasteiger partial charge in [0.1, 0.15) is 11.3 Å². The Balaban J connectivity index is 1.61. The third kappa shape index (κ3) is 3.13. The predicted octanol–water partition coefficient (Wildman–Crippen LogP) is 3.21. The monoisotopic (exact) mass is 438 g/mol. The second-order valence-electron chi connectivity index (χ2n) is 8.07. The molecule has 0 amide bonds. The zero-order valence-electron chi connectivity index (χ0n) is 18.0. The van der Waals surface area contributed by atoms with E-state index in [1.54, 1.807) is 30.4 Å². The van der Waals surface area contributed by atoms with Crippen molar-refractivity contribution in [3.63, 3.8) is 0 Å². The fourth-order valence-corrected chi connectivity index (χ4v) is 4.42. The lowest BCUT2D eigenvalue weighted by atomic mass is 10.1. The van der Waals surface area contributed by atoms with E-state index in [2.05, 4.69) is 28.3 Å². The molecule has 0 saturated carbocycles. The molecule has 1 aromatic carbocycles. The Morgan fingerprint density at radius 3 is 2.85 bits per heavy atom. The first-order valence-electron chi connectivity index (χ1n) is 10.7. The van der Waals surface area contributed by atoms with Gasteiger partial charge in [-0.05, 0) is 60.4 Å². The van der Waals surface area contributed by atoms with Crippen LogP contribution < -0.4 is 16.2 Å². The normalized spacial score (nSPS) is 15.2. The summed E-state index contributed by atoms with van der Waals surface area (Å²) in [4.78, 5) is 14.1. The average Bonchev–Trinajstić information content (AvgIpc) is 3.55. The van der Waals surface area contributed by atoms with E-state index >= 15 is 0 Å². The molecule has 0 bridgehead atoms. The second kappa shape index (κ2) is 7.42. The van der Waals surface area contributed by atoms with Crippen LogP contribution in [0.3, 0.4) is 0 Å². The molecule has 164 valence electrons. The lowest BCUT2D eigenvalue weighted by Crippen LogP contribution is -2.06. The zero-order valence-corrected chi connectivity index (χ0v) is 18.0. The van der Waals surface area contributed by atoms with E-state index in [9.17, 15) is 0 Å². The van der Waals surface area contributed by atoms with Crippen molar-refractivity contribution in [3.05, 3.63) is 72.2 Å². The molecule has 4 N–H and O–H groups in total. The molecule has 4 heterocycles. The van der Waals surface area contributed by atoms with Gasteiger partial charge in [0.2, 0.25) is 0 Å². The minimum Gasteiger partial charge on any atom is -0.493 e. The number of pyridine rings is 2. The van der Waals surface area contributed by atoms with Crippen LogP contribution >= 0.6 is 0 Å². The van der Waals surface area contributed by atoms with Crippen molar-refractivity contribution in [2.45, 2.75) is 18.9 Å². The number of hydrogen-bond donors (Lipinski definition) is 2. The van der Waals surface area contributed by atoms with Crippen molar-refractivity contribution in [1.29, 1.82) is 0 Å². The number of anilines is 1. The van der Waals surface area contributed by atoms with Crippen LogP contribution in [0.4, 0.5) is 5.82 Å². The molecule has 0 saturated heterocycles. The zero-order chi connectivity index (χ0) is 22.5. The van der Waals surface area contributed by atoms with Crippen molar-refractivity contribution < 1.29 is 4.74 Å². The standard InChI is InChI=1S/C24H22N8O/c1-33-16-12-28-31(13-16)21-9-8-20-24(30-21)32(23(29-20)18-3-2-10-27-22(18)26)15-5-6-17-14(11-15)4-7-19(17)25/h2-3,5-6,8-13,19H,4,7,25H2,1H3,(H2,26,27)/t19-/m0/s1. The summed E-state index contributed by atoms with van der Waals surface area (Å²) in [6.07, 6.45) is 7.01. The molecule has 0 spiro atoms. The maximum Gasteiger partial charge on any atom is 0.167 e. The summed E-state index contributed by atoms with van der Waals surface area (Å²) in [6.45, 7) is 0. The molecule has 0 fully saturated rings. The van der Waals surface area contributed by atoms with Crippen molar-refractivity contribution in [1.82, 2.24) is 29.3 Å². The average molecular weight is 438 g/mol. The minimum atomic E-state index is 0.0848. The number of aromatic nitrogens is 6. The number of nitrogen functional groups attached to an aromatic ring is 1. The molecule has 1 aliphatic carbocycles. The van der Waals surface area contributed by atoms with Gasteiger partial charge in [-0.1, -0.05) is 6.07 Å². The number of benzene rings is 1. The van der Waals surface area contributed by atoms with Gasteiger partial charge in [-0.25, -0.2) is 19.6 Å². The maximum absolute atomic E-state index is 6.27. The molecule has 1 atom stereocenters. The molecule has 0 aliphatic heterocycles. The first-order valence-corrected chi connectivity index (χ1v) is 10.7.